The van der Waals surface area contributed by atoms with E-state index >= 15 is 0 Å². The monoisotopic (exact) mass is 436 g/mol. The Hall–Kier alpha value is 1.32. The van der Waals surface area contributed by atoms with Crippen molar-refractivity contribution in [3.8, 4) is 0 Å². The molecule has 0 aromatic heterocycles. The van der Waals surface area contributed by atoms with E-state index in [1.165, 1.54) is 51.6 Å². The van der Waals surface area contributed by atoms with E-state index in [2.05, 4.69) is 98.4 Å². The van der Waals surface area contributed by atoms with E-state index in [4.69, 9.17) is 0 Å². The minimum Gasteiger partial charge on any atom is -0.280 e. The highest BCUT2D eigenvalue weighted by atomic mass is 32.2. The molecule has 2 fully saturated rings. The molecule has 0 amide bonds. The summed E-state index contributed by atoms with van der Waals surface area (Å²) in [7, 11) is 0. The first-order valence-corrected chi connectivity index (χ1v) is 14.3. The Balaban J connectivity index is 1.49. The molecule has 2 rings (SSSR count). The zero-order valence-corrected chi connectivity index (χ0v) is 20.9. The van der Waals surface area contributed by atoms with Crippen molar-refractivity contribution in [2.24, 2.45) is 0 Å². The Kier molecular flexibility index (Phi) is 11.0. The van der Waals surface area contributed by atoms with Crippen molar-refractivity contribution in [1.82, 2.24) is 9.80 Å². The normalized spacial score (nSPS) is 37.2. The highest BCUT2D eigenvalue weighted by Crippen LogP contribution is 2.41. The van der Waals surface area contributed by atoms with Crippen molar-refractivity contribution in [2.75, 3.05) is 13.1 Å². The molecule has 0 aliphatic carbocycles. The maximum absolute atomic E-state index is 2.70. The lowest BCUT2D eigenvalue weighted by molar-refractivity contribution is 0.246. The van der Waals surface area contributed by atoms with Crippen molar-refractivity contribution >= 4 is 47.0 Å². The predicted octanol–water partition coefficient (Wildman–Crippen LogP) is 6.97. The van der Waals surface area contributed by atoms with Gasteiger partial charge in [0.2, 0.25) is 0 Å². The Labute approximate surface area is 180 Å². The molecule has 154 valence electrons. The van der Waals surface area contributed by atoms with Crippen LogP contribution in [-0.2, 0) is 0 Å². The molecule has 26 heavy (non-hydrogen) atoms. The summed E-state index contributed by atoms with van der Waals surface area (Å²) < 4.78 is 1.50. The van der Waals surface area contributed by atoms with Crippen molar-refractivity contribution in [3.63, 3.8) is 0 Å². The molecule has 0 aromatic carbocycles. The molecule has 2 nitrogen and oxygen atoms in total. The van der Waals surface area contributed by atoms with Gasteiger partial charge in [-0.05, 0) is 54.4 Å². The fourth-order valence-corrected chi connectivity index (χ4v) is 10.7. The Morgan fingerprint density at radius 1 is 0.462 bits per heavy atom. The molecular weight excluding hydrogens is 397 g/mol. The summed E-state index contributed by atoms with van der Waals surface area (Å²) >= 11 is 8.49. The standard InChI is InChI=1S/C20H40N2S4/c1-15-21(16(2)24-19(5)23-15)13-11-9-7-8-10-12-14-22-17(3)25-20(6)26-18(22)4/h15-20H,7-14H2,1-6H3/t15-,16+,17-,18+,19?,20?. The van der Waals surface area contributed by atoms with Crippen LogP contribution in [0.5, 0.6) is 0 Å². The van der Waals surface area contributed by atoms with Crippen LogP contribution in [0, 0.1) is 0 Å². The average molecular weight is 437 g/mol. The SMILES string of the molecule is CC1S[C@@H](C)N(CCCCCCCCN2[C@H](C)SC(C)S[C@@H]2C)[C@@H](C)S1. The van der Waals surface area contributed by atoms with E-state index in [0.29, 0.717) is 21.5 Å². The van der Waals surface area contributed by atoms with E-state index in [9.17, 15) is 0 Å². The fourth-order valence-electron chi connectivity index (χ4n) is 4.10. The van der Waals surface area contributed by atoms with Crippen molar-refractivity contribution in [3.05, 3.63) is 0 Å². The highest BCUT2D eigenvalue weighted by Gasteiger charge is 2.30. The number of thioether (sulfide) groups is 4. The Morgan fingerprint density at radius 3 is 1.04 bits per heavy atom. The molecule has 2 saturated heterocycles. The molecule has 2 unspecified atom stereocenters. The Morgan fingerprint density at radius 2 is 0.731 bits per heavy atom. The van der Waals surface area contributed by atoms with E-state index in [1.807, 2.05) is 0 Å². The molecule has 0 radical (unpaired) electrons. The largest absolute Gasteiger partial charge is 0.280 e. The van der Waals surface area contributed by atoms with Gasteiger partial charge >= 0.3 is 0 Å². The maximum atomic E-state index is 2.70. The molecular formula is C20H40N2S4. The first-order chi connectivity index (χ1) is 12.4. The lowest BCUT2D eigenvalue weighted by Gasteiger charge is -2.40. The van der Waals surface area contributed by atoms with Gasteiger partial charge in [0.1, 0.15) is 0 Å². The summed E-state index contributed by atoms with van der Waals surface area (Å²) in [6.07, 6.45) is 8.38. The van der Waals surface area contributed by atoms with Crippen LogP contribution < -0.4 is 0 Å². The number of hydrogen-bond acceptors (Lipinski definition) is 6. The Bertz CT molecular complexity index is 338. The second kappa shape index (κ2) is 12.1. The number of nitrogens with zero attached hydrogens (tertiary/aromatic N) is 2. The second-order valence-electron chi connectivity index (χ2n) is 7.67. The molecule has 0 spiro atoms. The molecule has 6 heteroatoms. The molecule has 0 N–H and O–H groups in total. The zero-order valence-electron chi connectivity index (χ0n) is 17.6. The van der Waals surface area contributed by atoms with Gasteiger partial charge in [-0.3, -0.25) is 9.80 Å². The summed E-state index contributed by atoms with van der Waals surface area (Å²) in [6.45, 7) is 16.8. The summed E-state index contributed by atoms with van der Waals surface area (Å²) in [5.74, 6) is 0. The third kappa shape index (κ3) is 7.62. The first-order valence-electron chi connectivity index (χ1n) is 10.5. The van der Waals surface area contributed by atoms with Crippen LogP contribution in [0.4, 0.5) is 0 Å². The lowest BCUT2D eigenvalue weighted by atomic mass is 10.1. The minimum atomic E-state index is 0.688. The smallest absolute Gasteiger partial charge is 0.0550 e. The quantitative estimate of drug-likeness (QED) is 0.357. The topological polar surface area (TPSA) is 6.48 Å². The van der Waals surface area contributed by atoms with Gasteiger partial charge in [0, 0.05) is 13.1 Å². The van der Waals surface area contributed by atoms with Crippen molar-refractivity contribution < 1.29 is 0 Å². The van der Waals surface area contributed by atoms with E-state index in [0.717, 1.165) is 9.16 Å². The maximum Gasteiger partial charge on any atom is 0.0550 e. The van der Waals surface area contributed by atoms with Crippen LogP contribution in [-0.4, -0.2) is 53.5 Å². The van der Waals surface area contributed by atoms with Gasteiger partial charge in [-0.25, -0.2) is 0 Å². The van der Waals surface area contributed by atoms with E-state index < -0.39 is 0 Å². The van der Waals surface area contributed by atoms with Crippen molar-refractivity contribution in [2.45, 2.75) is 111 Å². The third-order valence-electron chi connectivity index (χ3n) is 5.51. The van der Waals surface area contributed by atoms with Crippen LogP contribution in [0.3, 0.4) is 0 Å². The van der Waals surface area contributed by atoms with Gasteiger partial charge < -0.3 is 0 Å². The lowest BCUT2D eigenvalue weighted by Crippen LogP contribution is -2.42. The molecule has 0 aromatic rings. The predicted molar refractivity (Wildman–Crippen MR) is 128 cm³/mol. The highest BCUT2D eigenvalue weighted by molar-refractivity contribution is 8.18. The molecule has 2 aliphatic rings. The molecule has 0 bridgehead atoms. The molecule has 6 atom stereocenters. The summed E-state index contributed by atoms with van der Waals surface area (Å²) in [5.41, 5.74) is 0. The van der Waals surface area contributed by atoms with Crippen LogP contribution in [0.1, 0.15) is 80.1 Å². The molecule has 2 heterocycles. The zero-order chi connectivity index (χ0) is 19.1. The van der Waals surface area contributed by atoms with Crippen LogP contribution >= 0.6 is 47.0 Å². The van der Waals surface area contributed by atoms with Gasteiger partial charge in [-0.1, -0.05) is 25.7 Å². The fraction of sp³-hybridized carbons (Fsp3) is 1.00. The van der Waals surface area contributed by atoms with Crippen LogP contribution in [0.2, 0.25) is 0 Å². The minimum absolute atomic E-state index is 0.688. The van der Waals surface area contributed by atoms with Gasteiger partial charge in [-0.2, -0.15) is 0 Å². The van der Waals surface area contributed by atoms with Gasteiger partial charge in [0.25, 0.3) is 0 Å². The van der Waals surface area contributed by atoms with Gasteiger partial charge in [0.05, 0.1) is 30.7 Å². The van der Waals surface area contributed by atoms with E-state index in [-0.39, 0.29) is 0 Å². The van der Waals surface area contributed by atoms with Crippen LogP contribution in [0.15, 0.2) is 0 Å². The number of rotatable bonds is 9. The molecule has 2 aliphatic heterocycles. The van der Waals surface area contributed by atoms with E-state index in [1.54, 1.807) is 0 Å². The number of unbranched alkanes of at least 4 members (excludes halogenated alkanes) is 5. The molecule has 0 saturated carbocycles. The second-order valence-corrected chi connectivity index (χ2v) is 14.9. The van der Waals surface area contributed by atoms with Gasteiger partial charge in [0.15, 0.2) is 0 Å². The third-order valence-corrected chi connectivity index (χ3v) is 11.0. The van der Waals surface area contributed by atoms with Gasteiger partial charge in [-0.15, -0.1) is 47.0 Å². The first kappa shape index (κ1) is 23.6. The summed E-state index contributed by atoms with van der Waals surface area (Å²) in [6, 6.07) is 0. The van der Waals surface area contributed by atoms with Crippen molar-refractivity contribution in [1.29, 1.82) is 0 Å². The average Bonchev–Trinajstić information content (AvgIpc) is 2.53. The summed E-state index contributed by atoms with van der Waals surface area (Å²) in [4.78, 5) is 5.40. The summed E-state index contributed by atoms with van der Waals surface area (Å²) in [5, 5.41) is 2.75. The number of hydrogen-bond donors (Lipinski definition) is 0. The van der Waals surface area contributed by atoms with Crippen LogP contribution in [0.25, 0.3) is 0 Å².